The number of aromatic nitrogens is 4. The summed E-state index contributed by atoms with van der Waals surface area (Å²) in [7, 11) is 1.98. The van der Waals surface area contributed by atoms with Gasteiger partial charge in [-0.1, -0.05) is 26.2 Å². The normalized spacial score (nSPS) is 16.3. The van der Waals surface area contributed by atoms with Gasteiger partial charge in [0.2, 0.25) is 5.95 Å². The van der Waals surface area contributed by atoms with Crippen molar-refractivity contribution in [3.63, 3.8) is 0 Å². The molecule has 1 saturated carbocycles. The molecule has 0 amide bonds. The minimum absolute atomic E-state index is 0.614. The molecule has 1 fully saturated rings. The second-order valence-electron chi connectivity index (χ2n) is 5.93. The van der Waals surface area contributed by atoms with Gasteiger partial charge in [-0.15, -0.1) is 0 Å². The summed E-state index contributed by atoms with van der Waals surface area (Å²) in [5.41, 5.74) is 2.43. The number of hydrogen-bond acceptors (Lipinski definition) is 3. The third-order valence-electron chi connectivity index (χ3n) is 4.40. The third-order valence-corrected chi connectivity index (χ3v) is 4.40. The van der Waals surface area contributed by atoms with Gasteiger partial charge in [-0.25, -0.2) is 4.98 Å². The first-order valence-electron chi connectivity index (χ1n) is 8.06. The lowest BCUT2D eigenvalue weighted by Crippen LogP contribution is -2.15. The third kappa shape index (κ3) is 3.12. The van der Waals surface area contributed by atoms with Crippen LogP contribution in [0.1, 0.15) is 56.3 Å². The summed E-state index contributed by atoms with van der Waals surface area (Å²) in [6.45, 7) is 2.94. The highest BCUT2D eigenvalue weighted by Crippen LogP contribution is 2.30. The number of hydrogen-bond donors (Lipinski definition) is 1. The lowest BCUT2D eigenvalue weighted by atomic mass is 9.95. The molecular weight excluding hydrogens is 262 g/mol. The molecule has 21 heavy (non-hydrogen) atoms. The van der Waals surface area contributed by atoms with Crippen LogP contribution in [0.15, 0.2) is 18.6 Å². The van der Waals surface area contributed by atoms with Gasteiger partial charge in [0.05, 0.1) is 5.69 Å². The van der Waals surface area contributed by atoms with Gasteiger partial charge >= 0.3 is 0 Å². The molecule has 0 unspecified atom stereocenters. The van der Waals surface area contributed by atoms with Crippen molar-refractivity contribution < 1.29 is 0 Å². The van der Waals surface area contributed by atoms with Crippen molar-refractivity contribution in [1.29, 1.82) is 0 Å². The highest BCUT2D eigenvalue weighted by molar-refractivity contribution is 5.30. The Morgan fingerprint density at radius 2 is 2.10 bits per heavy atom. The van der Waals surface area contributed by atoms with Crippen LogP contribution in [0.4, 0.5) is 5.95 Å². The molecule has 2 aromatic rings. The summed E-state index contributed by atoms with van der Waals surface area (Å²) in [6, 6.07) is 0.614. The zero-order valence-corrected chi connectivity index (χ0v) is 13.0. The molecule has 0 atom stereocenters. The zero-order chi connectivity index (χ0) is 14.7. The lowest BCUT2D eigenvalue weighted by Gasteiger charge is -2.24. The Kier molecular flexibility index (Phi) is 4.27. The number of aryl methyl sites for hydroxylation is 2. The fraction of sp³-hybridized carbons (Fsp3) is 0.625. The molecule has 0 aromatic carbocycles. The van der Waals surface area contributed by atoms with E-state index < -0.39 is 0 Å². The Morgan fingerprint density at radius 1 is 1.29 bits per heavy atom. The monoisotopic (exact) mass is 287 g/mol. The molecule has 0 aliphatic heterocycles. The summed E-state index contributed by atoms with van der Waals surface area (Å²) in [5.74, 6) is 0.993. The van der Waals surface area contributed by atoms with Crippen LogP contribution >= 0.6 is 0 Å². The topological polar surface area (TPSA) is 47.7 Å². The molecule has 2 aromatic heterocycles. The van der Waals surface area contributed by atoms with Crippen LogP contribution in [-0.4, -0.2) is 19.3 Å². The fourth-order valence-electron chi connectivity index (χ4n) is 3.31. The molecule has 0 radical (unpaired) electrons. The minimum atomic E-state index is 0.614. The van der Waals surface area contributed by atoms with E-state index in [1.807, 2.05) is 17.9 Å². The van der Waals surface area contributed by atoms with Crippen LogP contribution in [-0.2, 0) is 20.0 Å². The first kappa shape index (κ1) is 14.2. The molecule has 1 N–H and O–H groups in total. The van der Waals surface area contributed by atoms with E-state index in [0.29, 0.717) is 6.04 Å². The van der Waals surface area contributed by atoms with Crippen LogP contribution in [0, 0.1) is 0 Å². The van der Waals surface area contributed by atoms with E-state index in [9.17, 15) is 0 Å². The molecule has 5 nitrogen and oxygen atoms in total. The molecule has 1 aliphatic carbocycles. The molecule has 0 spiro atoms. The predicted molar refractivity (Wildman–Crippen MR) is 84.3 cm³/mol. The van der Waals surface area contributed by atoms with Crippen LogP contribution in [0.25, 0.3) is 0 Å². The van der Waals surface area contributed by atoms with E-state index in [1.165, 1.54) is 43.4 Å². The van der Waals surface area contributed by atoms with Gasteiger partial charge in [0.15, 0.2) is 0 Å². The van der Waals surface area contributed by atoms with E-state index >= 15 is 0 Å². The summed E-state index contributed by atoms with van der Waals surface area (Å²) >= 11 is 0. The van der Waals surface area contributed by atoms with Gasteiger partial charge in [0.25, 0.3) is 0 Å². The number of imidazole rings is 1. The highest BCUT2D eigenvalue weighted by Gasteiger charge is 2.17. The zero-order valence-electron chi connectivity index (χ0n) is 13.0. The van der Waals surface area contributed by atoms with Gasteiger partial charge in [0, 0.05) is 43.8 Å². The van der Waals surface area contributed by atoms with Crippen LogP contribution in [0.2, 0.25) is 0 Å². The second kappa shape index (κ2) is 6.33. The smallest absolute Gasteiger partial charge is 0.203 e. The summed E-state index contributed by atoms with van der Waals surface area (Å²) < 4.78 is 4.21. The average molecular weight is 287 g/mol. The Labute approximate surface area is 126 Å². The molecule has 114 valence electrons. The van der Waals surface area contributed by atoms with Crippen molar-refractivity contribution in [3.8, 4) is 0 Å². The minimum Gasteiger partial charge on any atom is -0.351 e. The van der Waals surface area contributed by atoms with E-state index in [-0.39, 0.29) is 0 Å². The van der Waals surface area contributed by atoms with E-state index in [0.717, 1.165) is 18.9 Å². The quantitative estimate of drug-likeness (QED) is 0.918. The highest BCUT2D eigenvalue weighted by atomic mass is 15.3. The Morgan fingerprint density at radius 3 is 2.86 bits per heavy atom. The van der Waals surface area contributed by atoms with Crippen LogP contribution in [0.3, 0.4) is 0 Å². The van der Waals surface area contributed by atoms with Gasteiger partial charge < -0.3 is 9.88 Å². The van der Waals surface area contributed by atoms with E-state index in [1.54, 1.807) is 0 Å². The number of nitrogens with one attached hydrogen (secondary N) is 1. The average Bonchev–Trinajstić information content (AvgIpc) is 3.12. The van der Waals surface area contributed by atoms with Gasteiger partial charge in [0.1, 0.15) is 0 Å². The van der Waals surface area contributed by atoms with Crippen molar-refractivity contribution in [2.45, 2.75) is 58.0 Å². The molecular formula is C16H25N5. The molecule has 3 rings (SSSR count). The molecule has 2 heterocycles. The summed E-state index contributed by atoms with van der Waals surface area (Å²) in [4.78, 5) is 4.49. The van der Waals surface area contributed by atoms with E-state index in [2.05, 4.69) is 39.3 Å². The Hall–Kier alpha value is -1.78. The molecule has 0 saturated heterocycles. The van der Waals surface area contributed by atoms with Crippen LogP contribution in [0.5, 0.6) is 0 Å². The maximum Gasteiger partial charge on any atom is 0.203 e. The fourth-order valence-corrected chi connectivity index (χ4v) is 3.31. The maximum atomic E-state index is 4.49. The standard InChI is InChI=1S/C16H25N5/c1-3-15-13(12-20(2)19-15)11-18-16-17-9-10-21(16)14-7-5-4-6-8-14/h9-10,12,14H,3-8,11H2,1-2H3,(H,17,18). The van der Waals surface area contributed by atoms with Crippen LogP contribution < -0.4 is 5.32 Å². The lowest BCUT2D eigenvalue weighted by molar-refractivity contribution is 0.356. The largest absolute Gasteiger partial charge is 0.351 e. The SMILES string of the molecule is CCc1nn(C)cc1CNc1nccn1C1CCCCC1. The number of nitrogens with zero attached hydrogens (tertiary/aromatic N) is 4. The first-order valence-corrected chi connectivity index (χ1v) is 8.06. The first-order chi connectivity index (χ1) is 10.3. The summed E-state index contributed by atoms with van der Waals surface area (Å²) in [6.07, 6.45) is 13.7. The predicted octanol–water partition coefficient (Wildman–Crippen LogP) is 3.30. The molecule has 0 bridgehead atoms. The van der Waals surface area contributed by atoms with Crippen molar-refractivity contribution in [2.24, 2.45) is 7.05 Å². The van der Waals surface area contributed by atoms with E-state index in [4.69, 9.17) is 0 Å². The van der Waals surface area contributed by atoms with Gasteiger partial charge in [-0.2, -0.15) is 5.10 Å². The van der Waals surface area contributed by atoms with Gasteiger partial charge in [-0.3, -0.25) is 4.68 Å². The maximum absolute atomic E-state index is 4.49. The van der Waals surface area contributed by atoms with Gasteiger partial charge in [-0.05, 0) is 19.3 Å². The van der Waals surface area contributed by atoms with Crippen molar-refractivity contribution in [2.75, 3.05) is 5.32 Å². The molecule has 1 aliphatic rings. The second-order valence-corrected chi connectivity index (χ2v) is 5.93. The Balaban J connectivity index is 1.69. The Bertz CT molecular complexity index is 577. The number of rotatable bonds is 5. The van der Waals surface area contributed by atoms with Crippen molar-refractivity contribution in [1.82, 2.24) is 19.3 Å². The summed E-state index contributed by atoms with van der Waals surface area (Å²) in [5, 5.41) is 7.98. The van der Waals surface area contributed by atoms with Crippen molar-refractivity contribution in [3.05, 3.63) is 29.8 Å². The number of anilines is 1. The molecule has 5 heteroatoms. The van der Waals surface area contributed by atoms with Crippen molar-refractivity contribution >= 4 is 5.95 Å².